The van der Waals surface area contributed by atoms with Gasteiger partial charge in [0.2, 0.25) is 15.9 Å². The van der Waals surface area contributed by atoms with E-state index in [2.05, 4.69) is 0 Å². The first-order valence-corrected chi connectivity index (χ1v) is 11.5. The number of rotatable bonds is 5. The van der Waals surface area contributed by atoms with Crippen LogP contribution in [0, 0.1) is 11.8 Å². The van der Waals surface area contributed by atoms with Crippen LogP contribution in [0.4, 0.5) is 0 Å². The summed E-state index contributed by atoms with van der Waals surface area (Å²) in [6.07, 6.45) is 7.70. The van der Waals surface area contributed by atoms with Gasteiger partial charge in [-0.25, -0.2) is 12.7 Å². The van der Waals surface area contributed by atoms with Crippen LogP contribution >= 0.6 is 0 Å². The number of β-amino-alcohol motifs (C(OH)–C–C–N with tert-alkyl or cyclic N) is 1. The van der Waals surface area contributed by atoms with Gasteiger partial charge < -0.3 is 10.0 Å². The molecule has 1 amide bonds. The number of nitrogens with zero attached hydrogens (tertiary/aromatic N) is 2. The van der Waals surface area contributed by atoms with Crippen LogP contribution in [-0.2, 0) is 14.8 Å². The molecule has 3 fully saturated rings. The standard InChI is InChI=1S/C18H32N2O4S/c21-17-7-3-10-19(14-17)18(22)8-4-12-25(23,24)20-11-9-15-5-1-2-6-16(15)13-20/h15-17,21H,1-14H2. The van der Waals surface area contributed by atoms with Crippen molar-refractivity contribution in [1.29, 1.82) is 0 Å². The molecule has 0 aromatic rings. The Hall–Kier alpha value is -0.660. The van der Waals surface area contributed by atoms with E-state index >= 15 is 0 Å². The number of aliphatic hydroxyl groups excluding tert-OH is 1. The minimum absolute atomic E-state index is 0.0278. The highest BCUT2D eigenvalue weighted by Crippen LogP contribution is 2.36. The molecule has 1 N–H and O–H groups in total. The van der Waals surface area contributed by atoms with Crippen LogP contribution in [0.2, 0.25) is 0 Å². The number of carbonyl (C=O) groups is 1. The molecule has 0 spiro atoms. The number of amides is 1. The molecule has 0 bridgehead atoms. The molecule has 1 aliphatic carbocycles. The van der Waals surface area contributed by atoms with Crippen molar-refractivity contribution in [3.05, 3.63) is 0 Å². The van der Waals surface area contributed by atoms with E-state index in [-0.39, 0.29) is 18.1 Å². The van der Waals surface area contributed by atoms with E-state index in [0.717, 1.165) is 25.7 Å². The Labute approximate surface area is 151 Å². The number of carbonyl (C=O) groups excluding carboxylic acids is 1. The summed E-state index contributed by atoms with van der Waals surface area (Å²) in [4.78, 5) is 13.9. The Balaban J connectivity index is 1.44. The van der Waals surface area contributed by atoms with Gasteiger partial charge in [0.25, 0.3) is 0 Å². The van der Waals surface area contributed by atoms with E-state index in [4.69, 9.17) is 0 Å². The molecule has 7 heteroatoms. The van der Waals surface area contributed by atoms with Gasteiger partial charge in [-0.3, -0.25) is 4.79 Å². The molecule has 2 heterocycles. The molecule has 0 radical (unpaired) electrons. The lowest BCUT2D eigenvalue weighted by molar-refractivity contribution is -0.134. The van der Waals surface area contributed by atoms with Crippen molar-refractivity contribution in [2.75, 3.05) is 31.9 Å². The summed E-state index contributed by atoms with van der Waals surface area (Å²) in [5.41, 5.74) is 0. The van der Waals surface area contributed by atoms with Crippen molar-refractivity contribution in [2.45, 2.75) is 63.9 Å². The van der Waals surface area contributed by atoms with Crippen LogP contribution in [0.15, 0.2) is 0 Å². The lowest BCUT2D eigenvalue weighted by Gasteiger charge is -2.40. The van der Waals surface area contributed by atoms with E-state index in [1.165, 1.54) is 19.3 Å². The lowest BCUT2D eigenvalue weighted by atomic mass is 9.76. The van der Waals surface area contributed by atoms with E-state index in [1.54, 1.807) is 9.21 Å². The molecule has 3 atom stereocenters. The largest absolute Gasteiger partial charge is 0.391 e. The Morgan fingerprint density at radius 2 is 1.72 bits per heavy atom. The summed E-state index contributed by atoms with van der Waals surface area (Å²) in [6, 6.07) is 0. The highest BCUT2D eigenvalue weighted by molar-refractivity contribution is 7.89. The topological polar surface area (TPSA) is 77.9 Å². The van der Waals surface area contributed by atoms with Crippen LogP contribution in [0.25, 0.3) is 0 Å². The summed E-state index contributed by atoms with van der Waals surface area (Å²) in [7, 11) is -3.26. The predicted molar refractivity (Wildman–Crippen MR) is 96.5 cm³/mol. The van der Waals surface area contributed by atoms with Gasteiger partial charge >= 0.3 is 0 Å². The zero-order valence-electron chi connectivity index (χ0n) is 15.1. The van der Waals surface area contributed by atoms with Crippen molar-refractivity contribution in [2.24, 2.45) is 11.8 Å². The van der Waals surface area contributed by atoms with E-state index in [0.29, 0.717) is 44.4 Å². The molecule has 3 unspecified atom stereocenters. The van der Waals surface area contributed by atoms with Gasteiger partial charge in [-0.2, -0.15) is 0 Å². The van der Waals surface area contributed by atoms with Crippen molar-refractivity contribution in [3.63, 3.8) is 0 Å². The minimum atomic E-state index is -3.26. The molecular weight excluding hydrogens is 340 g/mol. The van der Waals surface area contributed by atoms with Gasteiger partial charge in [0, 0.05) is 32.6 Å². The Morgan fingerprint density at radius 1 is 0.960 bits per heavy atom. The summed E-state index contributed by atoms with van der Waals surface area (Å²) in [6.45, 7) is 2.40. The molecule has 2 saturated heterocycles. The molecular formula is C18H32N2O4S. The second-order valence-corrected chi connectivity index (χ2v) is 10.1. The molecule has 144 valence electrons. The maximum absolute atomic E-state index is 12.6. The first-order chi connectivity index (χ1) is 12.0. The third kappa shape index (κ3) is 4.95. The SMILES string of the molecule is O=C(CCCS(=O)(=O)N1CCC2CCCCC2C1)N1CCCC(O)C1. The van der Waals surface area contributed by atoms with Crippen LogP contribution < -0.4 is 0 Å². The number of aliphatic hydroxyl groups is 1. The quantitative estimate of drug-likeness (QED) is 0.795. The molecule has 6 nitrogen and oxygen atoms in total. The monoisotopic (exact) mass is 372 g/mol. The number of piperidine rings is 2. The number of sulfonamides is 1. The van der Waals surface area contributed by atoms with E-state index in [1.807, 2.05) is 0 Å². The molecule has 25 heavy (non-hydrogen) atoms. The van der Waals surface area contributed by atoms with Gasteiger partial charge in [-0.05, 0) is 43.9 Å². The second kappa shape index (κ2) is 8.35. The molecule has 3 aliphatic rings. The van der Waals surface area contributed by atoms with Gasteiger partial charge in [-0.1, -0.05) is 19.3 Å². The van der Waals surface area contributed by atoms with E-state index < -0.39 is 16.1 Å². The second-order valence-electron chi connectivity index (χ2n) is 8.01. The normalized spacial score (nSPS) is 31.6. The first kappa shape index (κ1) is 19.1. The number of hydrogen-bond donors (Lipinski definition) is 1. The fraction of sp³-hybridized carbons (Fsp3) is 0.944. The van der Waals surface area contributed by atoms with Gasteiger partial charge in [0.1, 0.15) is 0 Å². The number of fused-ring (bicyclic) bond motifs is 1. The molecule has 2 aliphatic heterocycles. The summed E-state index contributed by atoms with van der Waals surface area (Å²) < 4.78 is 26.9. The van der Waals surface area contributed by atoms with Gasteiger partial charge in [0.15, 0.2) is 0 Å². The van der Waals surface area contributed by atoms with Crippen LogP contribution in [0.5, 0.6) is 0 Å². The first-order valence-electron chi connectivity index (χ1n) is 9.89. The fourth-order valence-corrected chi connectivity index (χ4v) is 6.26. The molecule has 0 aromatic heterocycles. The third-order valence-electron chi connectivity index (χ3n) is 6.19. The lowest BCUT2D eigenvalue weighted by Crippen LogP contribution is -2.45. The summed E-state index contributed by atoms with van der Waals surface area (Å²) in [5, 5.41) is 9.65. The maximum Gasteiger partial charge on any atom is 0.222 e. The highest BCUT2D eigenvalue weighted by Gasteiger charge is 2.35. The van der Waals surface area contributed by atoms with Crippen molar-refractivity contribution >= 4 is 15.9 Å². The van der Waals surface area contributed by atoms with Crippen molar-refractivity contribution in [3.8, 4) is 0 Å². The Kier molecular flexibility index (Phi) is 6.39. The minimum Gasteiger partial charge on any atom is -0.391 e. The third-order valence-corrected chi connectivity index (χ3v) is 8.11. The van der Waals surface area contributed by atoms with Gasteiger partial charge in [-0.15, -0.1) is 0 Å². The zero-order valence-corrected chi connectivity index (χ0v) is 15.9. The van der Waals surface area contributed by atoms with E-state index in [9.17, 15) is 18.3 Å². The highest BCUT2D eigenvalue weighted by atomic mass is 32.2. The predicted octanol–water partition coefficient (Wildman–Crippen LogP) is 1.59. The Morgan fingerprint density at radius 3 is 2.48 bits per heavy atom. The molecule has 3 rings (SSSR count). The van der Waals surface area contributed by atoms with Crippen LogP contribution in [0.1, 0.15) is 57.8 Å². The molecule has 0 aromatic carbocycles. The number of likely N-dealkylation sites (tertiary alicyclic amines) is 1. The van der Waals surface area contributed by atoms with Crippen LogP contribution in [-0.4, -0.2) is 66.7 Å². The maximum atomic E-state index is 12.6. The Bertz CT molecular complexity index is 565. The summed E-state index contributed by atoms with van der Waals surface area (Å²) in [5.74, 6) is 1.29. The fourth-order valence-electron chi connectivity index (χ4n) is 4.69. The molecule has 1 saturated carbocycles. The van der Waals surface area contributed by atoms with Crippen LogP contribution in [0.3, 0.4) is 0 Å². The van der Waals surface area contributed by atoms with Crippen molar-refractivity contribution in [1.82, 2.24) is 9.21 Å². The number of hydrogen-bond acceptors (Lipinski definition) is 4. The van der Waals surface area contributed by atoms with Crippen molar-refractivity contribution < 1.29 is 18.3 Å². The van der Waals surface area contributed by atoms with Gasteiger partial charge in [0.05, 0.1) is 11.9 Å². The smallest absolute Gasteiger partial charge is 0.222 e. The summed E-state index contributed by atoms with van der Waals surface area (Å²) >= 11 is 0. The average molecular weight is 373 g/mol. The average Bonchev–Trinajstić information content (AvgIpc) is 2.61. The zero-order chi connectivity index (χ0) is 17.9.